The first-order valence-corrected chi connectivity index (χ1v) is 6.57. The zero-order valence-corrected chi connectivity index (χ0v) is 11.0. The molecule has 0 aliphatic heterocycles. The molecule has 1 aromatic heterocycles. The normalized spacial score (nSPS) is 10.3. The van der Waals surface area contributed by atoms with Crippen LogP contribution in [0.2, 0.25) is 5.02 Å². The number of benzene rings is 1. The molecule has 1 nitrogen and oxygen atoms in total. The SMILES string of the molecule is Clc1cc(Br)ccc1CNc1ccsc1. The first-order chi connectivity index (χ1) is 7.25. The van der Waals surface area contributed by atoms with E-state index in [1.54, 1.807) is 11.3 Å². The van der Waals surface area contributed by atoms with Gasteiger partial charge < -0.3 is 5.32 Å². The molecule has 78 valence electrons. The van der Waals surface area contributed by atoms with Gasteiger partial charge in [0.1, 0.15) is 0 Å². The standard InChI is InChI=1S/C11H9BrClNS/c12-9-2-1-8(11(13)5-9)6-14-10-3-4-15-7-10/h1-5,7,14H,6H2. The van der Waals surface area contributed by atoms with Crippen LogP contribution in [-0.4, -0.2) is 0 Å². The van der Waals surface area contributed by atoms with Crippen LogP contribution in [0.25, 0.3) is 0 Å². The van der Waals surface area contributed by atoms with Gasteiger partial charge in [-0.25, -0.2) is 0 Å². The first-order valence-electron chi connectivity index (χ1n) is 4.46. The fourth-order valence-corrected chi connectivity index (χ4v) is 2.58. The summed E-state index contributed by atoms with van der Waals surface area (Å²) in [6.45, 7) is 0.753. The number of halogens is 2. The summed E-state index contributed by atoms with van der Waals surface area (Å²) in [5.74, 6) is 0. The summed E-state index contributed by atoms with van der Waals surface area (Å²) in [6, 6.07) is 7.98. The molecule has 15 heavy (non-hydrogen) atoms. The molecule has 2 aromatic rings. The summed E-state index contributed by atoms with van der Waals surface area (Å²) in [7, 11) is 0. The Kier molecular flexibility index (Phi) is 3.67. The lowest BCUT2D eigenvalue weighted by Crippen LogP contribution is -1.98. The topological polar surface area (TPSA) is 12.0 Å². The van der Waals surface area contributed by atoms with Crippen LogP contribution in [0.15, 0.2) is 39.5 Å². The zero-order chi connectivity index (χ0) is 10.7. The molecule has 0 spiro atoms. The molecule has 0 aliphatic carbocycles. The lowest BCUT2D eigenvalue weighted by molar-refractivity contribution is 1.15. The molecule has 0 bridgehead atoms. The van der Waals surface area contributed by atoms with E-state index in [-0.39, 0.29) is 0 Å². The van der Waals surface area contributed by atoms with Gasteiger partial charge in [-0.3, -0.25) is 0 Å². The molecule has 0 atom stereocenters. The number of thiophene rings is 1. The third-order valence-electron chi connectivity index (χ3n) is 2.02. The summed E-state index contributed by atoms with van der Waals surface area (Å²) in [4.78, 5) is 0. The molecule has 0 aliphatic rings. The summed E-state index contributed by atoms with van der Waals surface area (Å²) < 4.78 is 1.01. The number of rotatable bonds is 3. The summed E-state index contributed by atoms with van der Waals surface area (Å²) >= 11 is 11.2. The second kappa shape index (κ2) is 5.01. The molecule has 0 amide bonds. The lowest BCUT2D eigenvalue weighted by Gasteiger charge is -2.06. The molecule has 1 heterocycles. The van der Waals surface area contributed by atoms with Gasteiger partial charge >= 0.3 is 0 Å². The minimum Gasteiger partial charge on any atom is -0.380 e. The van der Waals surface area contributed by atoms with Gasteiger partial charge in [0.25, 0.3) is 0 Å². The monoisotopic (exact) mass is 301 g/mol. The Balaban J connectivity index is 2.05. The Bertz CT molecular complexity index is 442. The van der Waals surface area contributed by atoms with Gasteiger partial charge in [0.2, 0.25) is 0 Å². The van der Waals surface area contributed by atoms with E-state index in [2.05, 4.69) is 32.7 Å². The second-order valence-corrected chi connectivity index (χ2v) is 5.20. The third-order valence-corrected chi connectivity index (χ3v) is 3.55. The molecule has 2 rings (SSSR count). The number of anilines is 1. The molecule has 0 saturated carbocycles. The quantitative estimate of drug-likeness (QED) is 0.860. The maximum absolute atomic E-state index is 6.10. The lowest BCUT2D eigenvalue weighted by atomic mass is 10.2. The summed E-state index contributed by atoms with van der Waals surface area (Å²) in [5.41, 5.74) is 2.24. The van der Waals surface area contributed by atoms with Crippen LogP contribution in [0.5, 0.6) is 0 Å². The maximum atomic E-state index is 6.10. The van der Waals surface area contributed by atoms with Crippen LogP contribution in [0.3, 0.4) is 0 Å². The van der Waals surface area contributed by atoms with E-state index >= 15 is 0 Å². The van der Waals surface area contributed by atoms with Crippen molar-refractivity contribution in [2.45, 2.75) is 6.54 Å². The predicted octanol–water partition coefficient (Wildman–Crippen LogP) is 4.78. The van der Waals surface area contributed by atoms with Gasteiger partial charge in [0.15, 0.2) is 0 Å². The largest absolute Gasteiger partial charge is 0.380 e. The highest BCUT2D eigenvalue weighted by Gasteiger charge is 2.00. The van der Waals surface area contributed by atoms with Crippen molar-refractivity contribution in [1.82, 2.24) is 0 Å². The van der Waals surface area contributed by atoms with Crippen LogP contribution >= 0.6 is 38.9 Å². The molecule has 1 N–H and O–H groups in total. The smallest absolute Gasteiger partial charge is 0.0467 e. The van der Waals surface area contributed by atoms with Crippen molar-refractivity contribution in [2.24, 2.45) is 0 Å². The first kappa shape index (κ1) is 11.0. The summed E-state index contributed by atoms with van der Waals surface area (Å²) in [6.07, 6.45) is 0. The van der Waals surface area contributed by atoms with E-state index in [0.29, 0.717) is 0 Å². The van der Waals surface area contributed by atoms with Crippen molar-refractivity contribution in [3.8, 4) is 0 Å². The van der Waals surface area contributed by atoms with E-state index in [0.717, 1.165) is 27.3 Å². The minimum absolute atomic E-state index is 0.753. The summed E-state index contributed by atoms with van der Waals surface area (Å²) in [5, 5.41) is 8.22. The Morgan fingerprint density at radius 3 is 2.87 bits per heavy atom. The van der Waals surface area contributed by atoms with Crippen LogP contribution in [0.1, 0.15) is 5.56 Å². The maximum Gasteiger partial charge on any atom is 0.0467 e. The molecule has 1 aromatic carbocycles. The van der Waals surface area contributed by atoms with Gasteiger partial charge in [-0.15, -0.1) is 0 Å². The van der Waals surface area contributed by atoms with E-state index < -0.39 is 0 Å². The van der Waals surface area contributed by atoms with E-state index in [1.165, 1.54) is 0 Å². The average Bonchev–Trinajstić information content (AvgIpc) is 2.69. The number of hydrogen-bond donors (Lipinski definition) is 1. The van der Waals surface area contributed by atoms with Crippen molar-refractivity contribution in [2.75, 3.05) is 5.32 Å². The van der Waals surface area contributed by atoms with E-state index in [4.69, 9.17) is 11.6 Å². The highest BCUT2D eigenvalue weighted by atomic mass is 79.9. The van der Waals surface area contributed by atoms with E-state index in [1.807, 2.05) is 23.6 Å². The Morgan fingerprint density at radius 2 is 2.20 bits per heavy atom. The Labute approximate surface area is 106 Å². The highest BCUT2D eigenvalue weighted by molar-refractivity contribution is 9.10. The number of hydrogen-bond acceptors (Lipinski definition) is 2. The molecular formula is C11H9BrClNS. The van der Waals surface area contributed by atoms with Crippen LogP contribution in [-0.2, 0) is 6.54 Å². The molecule has 4 heteroatoms. The van der Waals surface area contributed by atoms with Crippen LogP contribution in [0, 0.1) is 0 Å². The van der Waals surface area contributed by atoms with Gasteiger partial charge in [-0.1, -0.05) is 33.6 Å². The Morgan fingerprint density at radius 1 is 1.33 bits per heavy atom. The fourth-order valence-electron chi connectivity index (χ4n) is 1.23. The predicted molar refractivity (Wildman–Crippen MR) is 70.8 cm³/mol. The molecule has 0 unspecified atom stereocenters. The average molecular weight is 303 g/mol. The van der Waals surface area contributed by atoms with Crippen molar-refractivity contribution >= 4 is 44.6 Å². The Hall–Kier alpha value is -0.510. The molecule has 0 saturated heterocycles. The van der Waals surface area contributed by atoms with Gasteiger partial charge in [-0.2, -0.15) is 11.3 Å². The van der Waals surface area contributed by atoms with Crippen LogP contribution in [0.4, 0.5) is 5.69 Å². The van der Waals surface area contributed by atoms with Gasteiger partial charge in [-0.05, 0) is 29.1 Å². The van der Waals surface area contributed by atoms with E-state index in [9.17, 15) is 0 Å². The van der Waals surface area contributed by atoms with Gasteiger partial charge in [0.05, 0.1) is 0 Å². The van der Waals surface area contributed by atoms with Crippen molar-refractivity contribution < 1.29 is 0 Å². The molecular weight excluding hydrogens is 294 g/mol. The van der Waals surface area contributed by atoms with Gasteiger partial charge in [0, 0.05) is 27.1 Å². The molecule has 0 radical (unpaired) electrons. The van der Waals surface area contributed by atoms with Crippen molar-refractivity contribution in [1.29, 1.82) is 0 Å². The van der Waals surface area contributed by atoms with Crippen molar-refractivity contribution in [3.05, 3.63) is 50.1 Å². The minimum atomic E-state index is 0.753. The fraction of sp³-hybridized carbons (Fsp3) is 0.0909. The molecule has 0 fully saturated rings. The third kappa shape index (κ3) is 2.97. The highest BCUT2D eigenvalue weighted by Crippen LogP contribution is 2.22. The second-order valence-electron chi connectivity index (χ2n) is 3.10. The van der Waals surface area contributed by atoms with Crippen molar-refractivity contribution in [3.63, 3.8) is 0 Å². The van der Waals surface area contributed by atoms with Crippen LogP contribution < -0.4 is 5.32 Å². The number of nitrogens with one attached hydrogen (secondary N) is 1. The zero-order valence-electron chi connectivity index (χ0n) is 7.84.